The number of ether oxygens (including phenoxy) is 2. The minimum absolute atomic E-state index is 0.156. The van der Waals surface area contributed by atoms with E-state index in [9.17, 15) is 0 Å². The van der Waals surface area contributed by atoms with Crippen LogP contribution in [0.5, 0.6) is 5.75 Å². The maximum absolute atomic E-state index is 6.56. The molecule has 2 fully saturated rings. The summed E-state index contributed by atoms with van der Waals surface area (Å²) in [4.78, 5) is 0. The van der Waals surface area contributed by atoms with Crippen LogP contribution in [0.1, 0.15) is 75.7 Å². The Labute approximate surface area is 343 Å². The highest BCUT2D eigenvalue weighted by atomic mass is 16.5. The molecule has 1 aromatic carbocycles. The van der Waals surface area contributed by atoms with Gasteiger partial charge in [-0.15, -0.1) is 0 Å². The number of fused-ring (bicyclic) bond motifs is 13. The molecule has 11 unspecified atom stereocenters. The molecule has 1 spiro atoms. The largest absolute Gasteiger partial charge is 0.489 e. The van der Waals surface area contributed by atoms with Crippen LogP contribution in [0.4, 0.5) is 0 Å². The SMILES string of the molecule is C1=CC2OC3=C(C=C(C4C=CC=C5C4C=C4C(C6=CC=C7Oc8ccccc8C7C6)=CC=CC4C5C4=CC5CC5C5C6=C(CCC=C6)C6(CCCC6)C45)CC3)C2C=C1. The molecule has 2 saturated carbocycles. The fourth-order valence-electron chi connectivity index (χ4n) is 15.0. The zero-order valence-electron chi connectivity index (χ0n) is 33.4. The summed E-state index contributed by atoms with van der Waals surface area (Å²) >= 11 is 0. The van der Waals surface area contributed by atoms with E-state index in [1.807, 2.05) is 11.1 Å². The third-order valence-corrected chi connectivity index (χ3v) is 17.3. The van der Waals surface area contributed by atoms with Gasteiger partial charge in [0, 0.05) is 53.1 Å². The number of para-hydroxylation sites is 1. The molecule has 0 bridgehead atoms. The first-order valence-corrected chi connectivity index (χ1v) is 23.0. The lowest BCUT2D eigenvalue weighted by Gasteiger charge is -2.50. The van der Waals surface area contributed by atoms with Gasteiger partial charge in [0.25, 0.3) is 0 Å². The van der Waals surface area contributed by atoms with Crippen molar-refractivity contribution in [2.75, 3.05) is 0 Å². The van der Waals surface area contributed by atoms with Gasteiger partial charge in [-0.25, -0.2) is 0 Å². The van der Waals surface area contributed by atoms with Crippen LogP contribution in [0.25, 0.3) is 0 Å². The molecule has 2 heteroatoms. The highest BCUT2D eigenvalue weighted by molar-refractivity contribution is 5.63. The molecule has 2 nitrogen and oxygen atoms in total. The zero-order chi connectivity index (χ0) is 37.7. The third kappa shape index (κ3) is 4.50. The summed E-state index contributed by atoms with van der Waals surface area (Å²) in [6.07, 6.45) is 55.0. The molecule has 2 aliphatic heterocycles. The van der Waals surface area contributed by atoms with Crippen LogP contribution in [0.15, 0.2) is 189 Å². The van der Waals surface area contributed by atoms with E-state index in [1.54, 1.807) is 22.3 Å². The minimum atomic E-state index is 0.156. The van der Waals surface area contributed by atoms with Crippen LogP contribution >= 0.6 is 0 Å². The Morgan fingerprint density at radius 2 is 1.62 bits per heavy atom. The summed E-state index contributed by atoms with van der Waals surface area (Å²) in [7, 11) is 0. The van der Waals surface area contributed by atoms with Gasteiger partial charge >= 0.3 is 0 Å². The minimum Gasteiger partial charge on any atom is -0.489 e. The maximum Gasteiger partial charge on any atom is 0.130 e. The van der Waals surface area contributed by atoms with Crippen LogP contribution < -0.4 is 4.74 Å². The zero-order valence-corrected chi connectivity index (χ0v) is 33.4. The highest BCUT2D eigenvalue weighted by Gasteiger charge is 2.64. The number of allylic oxidation sites excluding steroid dienone is 25. The summed E-state index contributed by atoms with van der Waals surface area (Å²) < 4.78 is 13.0. The number of benzene rings is 1. The summed E-state index contributed by atoms with van der Waals surface area (Å²) in [5, 5.41) is 0. The van der Waals surface area contributed by atoms with Gasteiger partial charge in [0.1, 0.15) is 23.4 Å². The van der Waals surface area contributed by atoms with E-state index in [1.165, 1.54) is 73.0 Å². The predicted octanol–water partition coefficient (Wildman–Crippen LogP) is 12.9. The quantitative estimate of drug-likeness (QED) is 0.286. The van der Waals surface area contributed by atoms with Crippen LogP contribution in [0.2, 0.25) is 0 Å². The summed E-state index contributed by atoms with van der Waals surface area (Å²) in [6.45, 7) is 0. The lowest BCUT2D eigenvalue weighted by Crippen LogP contribution is -2.41. The van der Waals surface area contributed by atoms with Gasteiger partial charge in [-0.05, 0) is 115 Å². The monoisotopic (exact) mass is 756 g/mol. The standard InChI is InChI=1S/C56H52O2/c1-4-18-48-41(13-1)54-42-29-34(42)30-47(55(54)56(48)25-7-8-26-56)53-39-16-9-14-35(32-21-23-51-45(27-32)37-11-2-5-19-49(37)57-51)43(39)31-44-36(15-10-17-40(44)53)33-22-24-52-46(28-33)38-12-3-6-20-50(38)58-52/h1-3,5-6,9-17,19-21,23,28,30-31,34,36,38-39,42,44-45,50,53-55H,4,7-8,18,22,24-27,29H2. The first-order chi connectivity index (χ1) is 28.7. The molecule has 14 rings (SSSR count). The van der Waals surface area contributed by atoms with Crippen LogP contribution in [0.3, 0.4) is 0 Å². The van der Waals surface area contributed by atoms with Crippen molar-refractivity contribution in [1.82, 2.24) is 0 Å². The second-order valence-corrected chi connectivity index (χ2v) is 19.8. The highest BCUT2D eigenvalue weighted by Crippen LogP contribution is 2.73. The molecule has 58 heavy (non-hydrogen) atoms. The molecule has 11 aliphatic carbocycles. The molecule has 0 aromatic heterocycles. The summed E-state index contributed by atoms with van der Waals surface area (Å²) in [6, 6.07) is 8.70. The van der Waals surface area contributed by atoms with Crippen LogP contribution in [-0.4, -0.2) is 6.10 Å². The van der Waals surface area contributed by atoms with Gasteiger partial charge in [0.15, 0.2) is 0 Å². The lowest BCUT2D eigenvalue weighted by molar-refractivity contribution is 0.157. The Balaban J connectivity index is 0.906. The molecule has 1 aromatic rings. The van der Waals surface area contributed by atoms with Crippen molar-refractivity contribution in [3.05, 3.63) is 195 Å². The van der Waals surface area contributed by atoms with Crippen molar-refractivity contribution in [2.24, 2.45) is 58.7 Å². The third-order valence-electron chi connectivity index (χ3n) is 17.3. The summed E-state index contributed by atoms with van der Waals surface area (Å²) in [5.41, 5.74) is 16.5. The van der Waals surface area contributed by atoms with Crippen molar-refractivity contribution in [1.29, 1.82) is 0 Å². The first-order valence-electron chi connectivity index (χ1n) is 23.0. The first kappa shape index (κ1) is 33.1. The van der Waals surface area contributed by atoms with E-state index >= 15 is 0 Å². The normalized spacial score (nSPS) is 39.5. The van der Waals surface area contributed by atoms with Crippen molar-refractivity contribution in [3.8, 4) is 5.75 Å². The molecule has 0 saturated heterocycles. The van der Waals surface area contributed by atoms with Crippen molar-refractivity contribution < 1.29 is 9.47 Å². The van der Waals surface area contributed by atoms with E-state index in [2.05, 4.69) is 128 Å². The average Bonchev–Trinajstić information content (AvgIpc) is 3.56. The van der Waals surface area contributed by atoms with E-state index < -0.39 is 0 Å². The van der Waals surface area contributed by atoms with E-state index in [0.29, 0.717) is 46.8 Å². The second-order valence-electron chi connectivity index (χ2n) is 19.8. The molecule has 0 radical (unpaired) electrons. The Morgan fingerprint density at radius 3 is 2.59 bits per heavy atom. The Morgan fingerprint density at radius 1 is 0.741 bits per heavy atom. The van der Waals surface area contributed by atoms with Crippen LogP contribution in [0, 0.1) is 58.7 Å². The maximum atomic E-state index is 6.56. The van der Waals surface area contributed by atoms with E-state index in [0.717, 1.165) is 42.6 Å². The number of rotatable bonds is 3. The van der Waals surface area contributed by atoms with Crippen molar-refractivity contribution in [2.45, 2.75) is 76.2 Å². The molecular formula is C56H52O2. The van der Waals surface area contributed by atoms with Crippen LogP contribution in [-0.2, 0) is 4.74 Å². The Bertz CT molecular complexity index is 2530. The van der Waals surface area contributed by atoms with Gasteiger partial charge in [-0.3, -0.25) is 0 Å². The van der Waals surface area contributed by atoms with Gasteiger partial charge in [0.2, 0.25) is 0 Å². The molecule has 0 amide bonds. The van der Waals surface area contributed by atoms with Crippen molar-refractivity contribution in [3.63, 3.8) is 0 Å². The number of hydrogen-bond acceptors (Lipinski definition) is 2. The smallest absolute Gasteiger partial charge is 0.130 e. The molecule has 2 heterocycles. The molecule has 0 N–H and O–H groups in total. The fourth-order valence-corrected chi connectivity index (χ4v) is 15.0. The Kier molecular flexibility index (Phi) is 6.91. The van der Waals surface area contributed by atoms with Gasteiger partial charge in [0.05, 0.1) is 0 Å². The lowest BCUT2D eigenvalue weighted by atomic mass is 9.54. The van der Waals surface area contributed by atoms with E-state index in [4.69, 9.17) is 9.47 Å². The van der Waals surface area contributed by atoms with Gasteiger partial charge < -0.3 is 9.47 Å². The number of hydrogen-bond donors (Lipinski definition) is 0. The summed E-state index contributed by atoms with van der Waals surface area (Å²) in [5.74, 6) is 8.40. The van der Waals surface area contributed by atoms with Crippen molar-refractivity contribution >= 4 is 0 Å². The molecule has 13 aliphatic rings. The average molecular weight is 757 g/mol. The fraction of sp³-hybridized carbons (Fsp3) is 0.393. The second kappa shape index (κ2) is 12.1. The Hall–Kier alpha value is -4.82. The predicted molar refractivity (Wildman–Crippen MR) is 231 cm³/mol. The van der Waals surface area contributed by atoms with Gasteiger partial charge in [-0.2, -0.15) is 0 Å². The molecule has 288 valence electrons. The molecule has 11 atom stereocenters. The van der Waals surface area contributed by atoms with Gasteiger partial charge in [-0.1, -0.05) is 144 Å². The molecular weight excluding hydrogens is 705 g/mol. The van der Waals surface area contributed by atoms with E-state index in [-0.39, 0.29) is 12.0 Å². The topological polar surface area (TPSA) is 18.5 Å².